The highest BCUT2D eigenvalue weighted by molar-refractivity contribution is 7.25. The van der Waals surface area contributed by atoms with Gasteiger partial charge in [0.05, 0.1) is 0 Å². The SMILES string of the molecule is CC1(C)c2ccccc2-c2ccc(N(c3ccc4c(c3)-c3c(-c5ccccc5)cccc3C4(C)C)c3ccc4c(c3)sc3ccccc34)cc21. The van der Waals surface area contributed by atoms with Crippen molar-refractivity contribution < 1.29 is 0 Å². The Labute approximate surface area is 298 Å². The quantitative estimate of drug-likeness (QED) is 0.182. The molecule has 10 rings (SSSR count). The van der Waals surface area contributed by atoms with Gasteiger partial charge in [-0.1, -0.05) is 137 Å². The summed E-state index contributed by atoms with van der Waals surface area (Å²) in [7, 11) is 0. The van der Waals surface area contributed by atoms with Gasteiger partial charge in [0, 0.05) is 48.1 Å². The fourth-order valence-electron chi connectivity index (χ4n) is 8.92. The maximum atomic E-state index is 2.49. The molecule has 50 heavy (non-hydrogen) atoms. The lowest BCUT2D eigenvalue weighted by molar-refractivity contribution is 0.660. The van der Waals surface area contributed by atoms with Crippen molar-refractivity contribution in [3.05, 3.63) is 174 Å². The van der Waals surface area contributed by atoms with Crippen LogP contribution in [0.3, 0.4) is 0 Å². The summed E-state index contributed by atoms with van der Waals surface area (Å²) in [5, 5.41) is 2.64. The second kappa shape index (κ2) is 10.5. The van der Waals surface area contributed by atoms with Crippen LogP contribution in [0.5, 0.6) is 0 Å². The fourth-order valence-corrected chi connectivity index (χ4v) is 10.1. The molecule has 0 amide bonds. The summed E-state index contributed by atoms with van der Waals surface area (Å²) in [4.78, 5) is 2.49. The maximum absolute atomic E-state index is 2.49. The molecule has 0 N–H and O–H groups in total. The zero-order valence-corrected chi connectivity index (χ0v) is 29.6. The molecule has 1 aromatic heterocycles. The molecule has 0 unspecified atom stereocenters. The first-order valence-corrected chi connectivity index (χ1v) is 18.4. The third-order valence-corrected chi connectivity index (χ3v) is 12.6. The van der Waals surface area contributed by atoms with E-state index in [9.17, 15) is 0 Å². The molecule has 240 valence electrons. The topological polar surface area (TPSA) is 3.24 Å². The Morgan fingerprint density at radius 2 is 1.00 bits per heavy atom. The van der Waals surface area contributed by atoms with E-state index in [1.165, 1.54) is 92.9 Å². The lowest BCUT2D eigenvalue weighted by Gasteiger charge is -2.29. The van der Waals surface area contributed by atoms with E-state index in [1.54, 1.807) is 0 Å². The van der Waals surface area contributed by atoms with E-state index in [4.69, 9.17) is 0 Å². The van der Waals surface area contributed by atoms with Gasteiger partial charge in [-0.15, -0.1) is 11.3 Å². The molecule has 7 aromatic carbocycles. The minimum absolute atomic E-state index is 0.0888. The maximum Gasteiger partial charge on any atom is 0.0476 e. The van der Waals surface area contributed by atoms with E-state index in [1.807, 2.05) is 11.3 Å². The molecule has 1 nitrogen and oxygen atoms in total. The second-order valence-corrected chi connectivity index (χ2v) is 16.0. The molecule has 0 fully saturated rings. The van der Waals surface area contributed by atoms with Crippen molar-refractivity contribution in [2.45, 2.75) is 38.5 Å². The molecule has 2 aliphatic carbocycles. The molecule has 0 spiro atoms. The van der Waals surface area contributed by atoms with Crippen LogP contribution in [0.25, 0.3) is 53.6 Å². The smallest absolute Gasteiger partial charge is 0.0476 e. The minimum atomic E-state index is -0.0990. The Bertz CT molecular complexity index is 2660. The summed E-state index contributed by atoms with van der Waals surface area (Å²) in [6.07, 6.45) is 0. The summed E-state index contributed by atoms with van der Waals surface area (Å²) < 4.78 is 2.63. The van der Waals surface area contributed by atoms with Gasteiger partial charge in [-0.3, -0.25) is 0 Å². The number of thiophene rings is 1. The van der Waals surface area contributed by atoms with E-state index in [0.717, 1.165) is 0 Å². The van der Waals surface area contributed by atoms with Crippen LogP contribution >= 0.6 is 11.3 Å². The monoisotopic (exact) mass is 659 g/mol. The number of anilines is 3. The number of hydrogen-bond donors (Lipinski definition) is 0. The van der Waals surface area contributed by atoms with Crippen molar-refractivity contribution in [1.82, 2.24) is 0 Å². The Hall–Kier alpha value is -5.44. The molecule has 8 aromatic rings. The van der Waals surface area contributed by atoms with Gasteiger partial charge in [-0.25, -0.2) is 0 Å². The third kappa shape index (κ3) is 4.12. The highest BCUT2D eigenvalue weighted by Gasteiger charge is 2.38. The van der Waals surface area contributed by atoms with Gasteiger partial charge in [0.15, 0.2) is 0 Å². The van der Waals surface area contributed by atoms with E-state index in [2.05, 4.69) is 184 Å². The number of nitrogens with zero attached hydrogens (tertiary/aromatic N) is 1. The van der Waals surface area contributed by atoms with Crippen molar-refractivity contribution in [2.75, 3.05) is 4.90 Å². The van der Waals surface area contributed by atoms with Crippen LogP contribution < -0.4 is 4.90 Å². The van der Waals surface area contributed by atoms with Crippen LogP contribution in [0, 0.1) is 0 Å². The standard InChI is InChI=1S/C48H37NS/c1-47(2)41-26-23-31(27-39(41)46-34(17-12-19-42(46)47)30-13-6-5-7-14-30)49(33-22-25-38-37-16-9-11-20-44(37)50-45(38)29-33)32-21-24-36-35-15-8-10-18-40(35)48(3,4)43(36)28-32/h5-29H,1-4H3. The molecular formula is C48H37NS. The molecular weight excluding hydrogens is 623 g/mol. The lowest BCUT2D eigenvalue weighted by atomic mass is 9.82. The lowest BCUT2D eigenvalue weighted by Crippen LogP contribution is -2.17. The van der Waals surface area contributed by atoms with Crippen LogP contribution in [0.1, 0.15) is 49.9 Å². The molecule has 0 saturated heterocycles. The molecule has 2 heteroatoms. The van der Waals surface area contributed by atoms with Gasteiger partial charge >= 0.3 is 0 Å². The molecule has 0 bridgehead atoms. The van der Waals surface area contributed by atoms with Crippen molar-refractivity contribution in [1.29, 1.82) is 0 Å². The number of rotatable bonds is 4. The minimum Gasteiger partial charge on any atom is -0.310 e. The average molecular weight is 660 g/mol. The largest absolute Gasteiger partial charge is 0.310 e. The van der Waals surface area contributed by atoms with E-state index in [0.29, 0.717) is 0 Å². The summed E-state index contributed by atoms with van der Waals surface area (Å²) in [6, 6.07) is 56.7. The van der Waals surface area contributed by atoms with Crippen molar-refractivity contribution >= 4 is 48.6 Å². The van der Waals surface area contributed by atoms with Gasteiger partial charge < -0.3 is 4.90 Å². The first kappa shape index (κ1) is 29.5. The van der Waals surface area contributed by atoms with Crippen LogP contribution in [0.15, 0.2) is 152 Å². The summed E-state index contributed by atoms with van der Waals surface area (Å²) >= 11 is 1.88. The van der Waals surface area contributed by atoms with Crippen molar-refractivity contribution in [3.63, 3.8) is 0 Å². The average Bonchev–Trinajstić information content (AvgIpc) is 3.71. The zero-order valence-electron chi connectivity index (χ0n) is 28.8. The first-order valence-electron chi connectivity index (χ1n) is 17.6. The Balaban J connectivity index is 1.21. The van der Waals surface area contributed by atoms with Gasteiger partial charge in [0.2, 0.25) is 0 Å². The van der Waals surface area contributed by atoms with Crippen LogP contribution in [0.2, 0.25) is 0 Å². The molecule has 0 saturated carbocycles. The third-order valence-electron chi connectivity index (χ3n) is 11.5. The van der Waals surface area contributed by atoms with Crippen LogP contribution in [-0.4, -0.2) is 0 Å². The van der Waals surface area contributed by atoms with Gasteiger partial charge in [-0.2, -0.15) is 0 Å². The molecule has 1 heterocycles. The summed E-state index contributed by atoms with van der Waals surface area (Å²) in [5.74, 6) is 0. The van der Waals surface area contributed by atoms with Gasteiger partial charge in [0.25, 0.3) is 0 Å². The zero-order chi connectivity index (χ0) is 33.8. The fraction of sp³-hybridized carbons (Fsp3) is 0.125. The van der Waals surface area contributed by atoms with E-state index in [-0.39, 0.29) is 10.8 Å². The van der Waals surface area contributed by atoms with Crippen LogP contribution in [0.4, 0.5) is 17.1 Å². The predicted molar refractivity (Wildman–Crippen MR) is 215 cm³/mol. The number of benzene rings is 7. The normalized spacial score (nSPS) is 14.7. The predicted octanol–water partition coefficient (Wildman–Crippen LogP) is 13.8. The van der Waals surface area contributed by atoms with Gasteiger partial charge in [-0.05, 0) is 98.1 Å². The second-order valence-electron chi connectivity index (χ2n) is 15.0. The van der Waals surface area contributed by atoms with Crippen LogP contribution in [-0.2, 0) is 10.8 Å². The number of fused-ring (bicyclic) bond motifs is 9. The Kier molecular flexibility index (Phi) is 6.21. The first-order chi connectivity index (χ1) is 24.3. The highest BCUT2D eigenvalue weighted by atomic mass is 32.1. The molecule has 2 aliphatic rings. The molecule has 0 aliphatic heterocycles. The van der Waals surface area contributed by atoms with E-state index < -0.39 is 0 Å². The van der Waals surface area contributed by atoms with Crippen molar-refractivity contribution in [2.24, 2.45) is 0 Å². The molecule has 0 radical (unpaired) electrons. The Morgan fingerprint density at radius 1 is 0.400 bits per heavy atom. The summed E-state index contributed by atoms with van der Waals surface area (Å²) in [5.41, 5.74) is 16.8. The Morgan fingerprint density at radius 3 is 1.88 bits per heavy atom. The van der Waals surface area contributed by atoms with Crippen molar-refractivity contribution in [3.8, 4) is 33.4 Å². The summed E-state index contributed by atoms with van der Waals surface area (Å²) in [6.45, 7) is 9.49. The van der Waals surface area contributed by atoms with E-state index >= 15 is 0 Å². The highest BCUT2D eigenvalue weighted by Crippen LogP contribution is 2.55. The molecule has 0 atom stereocenters. The van der Waals surface area contributed by atoms with Gasteiger partial charge in [0.1, 0.15) is 0 Å². The number of hydrogen-bond acceptors (Lipinski definition) is 2.